The summed E-state index contributed by atoms with van der Waals surface area (Å²) in [6.45, 7) is 0. The summed E-state index contributed by atoms with van der Waals surface area (Å²) in [4.78, 5) is 21.0. The second-order valence-corrected chi connectivity index (χ2v) is 5.12. The van der Waals surface area contributed by atoms with Crippen molar-refractivity contribution in [1.29, 1.82) is 0 Å². The number of carboxylic acid groups (broad SMARTS) is 1. The largest absolute Gasteiger partial charge is 0.508 e. The van der Waals surface area contributed by atoms with Crippen LogP contribution in [0.4, 0.5) is 0 Å². The number of carbonyl (C=O) groups is 2. The van der Waals surface area contributed by atoms with Crippen LogP contribution in [0.3, 0.4) is 0 Å². The van der Waals surface area contributed by atoms with Gasteiger partial charge in [-0.3, -0.25) is 9.59 Å². The molecule has 2 rings (SSSR count). The molecule has 0 aliphatic rings. The van der Waals surface area contributed by atoms with Gasteiger partial charge in [-0.2, -0.15) is 0 Å². The topological polar surface area (TPSA) is 83.8 Å². The van der Waals surface area contributed by atoms with E-state index in [2.05, 4.69) is 4.74 Å². The number of phenols is 1. The molecule has 0 spiro atoms. The number of hydrogen-bond donors (Lipinski definition) is 2. The van der Waals surface area contributed by atoms with Crippen molar-refractivity contribution in [1.82, 2.24) is 0 Å². The molecule has 0 saturated heterocycles. The van der Waals surface area contributed by atoms with Gasteiger partial charge in [0, 0.05) is 12.8 Å². The molecule has 0 aromatic heterocycles. The second-order valence-electron chi connectivity index (χ2n) is 5.12. The van der Waals surface area contributed by atoms with Gasteiger partial charge < -0.3 is 14.9 Å². The highest BCUT2D eigenvalue weighted by molar-refractivity contribution is 5.69. The molecule has 0 atom stereocenters. The highest BCUT2D eigenvalue weighted by Gasteiger charge is 2.00. The zero-order chi connectivity index (χ0) is 17.8. The highest BCUT2D eigenvalue weighted by Crippen LogP contribution is 2.11. The molecule has 0 fully saturated rings. The summed E-state index contributed by atoms with van der Waals surface area (Å²) in [7, 11) is 1.37. The number of aliphatic carboxylic acids is 1. The smallest absolute Gasteiger partial charge is 0.305 e. The lowest BCUT2D eigenvalue weighted by Gasteiger charge is -2.00. The predicted molar refractivity (Wildman–Crippen MR) is 90.8 cm³/mol. The fraction of sp³-hybridized carbons (Fsp3) is 0.263. The number of aromatic hydroxyl groups is 1. The first-order valence-electron chi connectivity index (χ1n) is 7.61. The summed E-state index contributed by atoms with van der Waals surface area (Å²) in [6.07, 6.45) is 1.86. The molecule has 24 heavy (non-hydrogen) atoms. The third kappa shape index (κ3) is 8.58. The molecule has 0 heterocycles. The lowest BCUT2D eigenvalue weighted by atomic mass is 10.1. The van der Waals surface area contributed by atoms with Gasteiger partial charge in [0.2, 0.25) is 0 Å². The van der Waals surface area contributed by atoms with Gasteiger partial charge in [0.25, 0.3) is 0 Å². The third-order valence-corrected chi connectivity index (χ3v) is 3.25. The quantitative estimate of drug-likeness (QED) is 0.795. The zero-order valence-corrected chi connectivity index (χ0v) is 13.6. The van der Waals surface area contributed by atoms with Crippen molar-refractivity contribution < 1.29 is 24.5 Å². The van der Waals surface area contributed by atoms with E-state index < -0.39 is 5.97 Å². The summed E-state index contributed by atoms with van der Waals surface area (Å²) < 4.78 is 4.51. The number of aryl methyl sites for hydroxylation is 2. The molecule has 5 nitrogen and oxygen atoms in total. The van der Waals surface area contributed by atoms with Crippen LogP contribution in [0.1, 0.15) is 24.0 Å². The molecule has 5 heteroatoms. The van der Waals surface area contributed by atoms with Crippen molar-refractivity contribution in [3.05, 3.63) is 65.7 Å². The number of esters is 1. The minimum atomic E-state index is -0.742. The van der Waals surface area contributed by atoms with Crippen molar-refractivity contribution in [2.75, 3.05) is 7.11 Å². The van der Waals surface area contributed by atoms with Gasteiger partial charge in [0.15, 0.2) is 0 Å². The molecule has 0 aliphatic heterocycles. The van der Waals surface area contributed by atoms with Crippen molar-refractivity contribution >= 4 is 11.9 Å². The number of carboxylic acids is 1. The average Bonchev–Trinajstić information content (AvgIpc) is 2.60. The Labute approximate surface area is 141 Å². The molecule has 0 unspecified atom stereocenters. The number of methoxy groups -OCH3 is 1. The summed E-state index contributed by atoms with van der Waals surface area (Å²) in [6, 6.07) is 16.4. The normalized spacial score (nSPS) is 9.54. The van der Waals surface area contributed by atoms with Crippen LogP contribution in [0.2, 0.25) is 0 Å². The van der Waals surface area contributed by atoms with Crippen molar-refractivity contribution in [2.45, 2.75) is 25.7 Å². The lowest BCUT2D eigenvalue weighted by Crippen LogP contribution is -2.01. The van der Waals surface area contributed by atoms with Gasteiger partial charge in [-0.25, -0.2) is 0 Å². The number of benzene rings is 2. The van der Waals surface area contributed by atoms with Crippen molar-refractivity contribution in [3.63, 3.8) is 0 Å². The first-order chi connectivity index (χ1) is 11.5. The molecule has 2 aromatic carbocycles. The molecule has 2 aromatic rings. The maximum absolute atomic E-state index is 10.8. The molecule has 0 radical (unpaired) electrons. The average molecular weight is 330 g/mol. The van der Waals surface area contributed by atoms with Crippen LogP contribution in [-0.4, -0.2) is 29.3 Å². The van der Waals surface area contributed by atoms with Gasteiger partial charge >= 0.3 is 11.9 Å². The Balaban J connectivity index is 0.000000243. The van der Waals surface area contributed by atoms with E-state index in [9.17, 15) is 9.59 Å². The van der Waals surface area contributed by atoms with Crippen LogP contribution in [0.25, 0.3) is 0 Å². The fourth-order valence-electron chi connectivity index (χ4n) is 1.91. The lowest BCUT2D eigenvalue weighted by molar-refractivity contribution is -0.140. The van der Waals surface area contributed by atoms with Crippen LogP contribution in [-0.2, 0) is 27.2 Å². The number of rotatable bonds is 6. The standard InChI is InChI=1S/C10H12O3.C9H10O2/c1-13-10(12)7-4-8-2-5-9(11)6-3-8;10-9(11)7-6-8-4-2-1-3-5-8/h2-3,5-6,11H,4,7H2,1H3;1-5H,6-7H2,(H,10,11). The molecule has 0 bridgehead atoms. The Morgan fingerprint density at radius 2 is 1.42 bits per heavy atom. The number of phenolic OH excluding ortho intramolecular Hbond substituents is 1. The molecular formula is C19H22O5. The SMILES string of the molecule is COC(=O)CCc1ccc(O)cc1.O=C(O)CCc1ccccc1. The van der Waals surface area contributed by atoms with E-state index in [4.69, 9.17) is 10.2 Å². The Kier molecular flexibility index (Phi) is 8.68. The molecule has 0 saturated carbocycles. The molecule has 0 aliphatic carbocycles. The Morgan fingerprint density at radius 1 is 0.875 bits per heavy atom. The summed E-state index contributed by atoms with van der Waals surface area (Å²) in [5.74, 6) is -0.719. The van der Waals surface area contributed by atoms with Crippen LogP contribution >= 0.6 is 0 Å². The van der Waals surface area contributed by atoms with E-state index in [1.807, 2.05) is 30.3 Å². The van der Waals surface area contributed by atoms with Gasteiger partial charge in [0.05, 0.1) is 7.11 Å². The van der Waals surface area contributed by atoms with Crippen LogP contribution < -0.4 is 0 Å². The van der Waals surface area contributed by atoms with Crippen LogP contribution in [0, 0.1) is 0 Å². The van der Waals surface area contributed by atoms with Gasteiger partial charge in [0.1, 0.15) is 5.75 Å². The summed E-state index contributed by atoms with van der Waals surface area (Å²) >= 11 is 0. The molecule has 0 amide bonds. The van der Waals surface area contributed by atoms with Gasteiger partial charge in [-0.05, 0) is 36.1 Å². The summed E-state index contributed by atoms with van der Waals surface area (Å²) in [5, 5.41) is 17.4. The van der Waals surface area contributed by atoms with E-state index in [0.29, 0.717) is 19.3 Å². The molecular weight excluding hydrogens is 308 g/mol. The van der Waals surface area contributed by atoms with E-state index in [1.165, 1.54) is 7.11 Å². The van der Waals surface area contributed by atoms with Crippen molar-refractivity contribution in [3.8, 4) is 5.75 Å². The van der Waals surface area contributed by atoms with E-state index in [1.54, 1.807) is 24.3 Å². The first-order valence-corrected chi connectivity index (χ1v) is 7.61. The Hall–Kier alpha value is -2.82. The van der Waals surface area contributed by atoms with Gasteiger partial charge in [-0.15, -0.1) is 0 Å². The Bertz CT molecular complexity index is 620. The summed E-state index contributed by atoms with van der Waals surface area (Å²) in [5.41, 5.74) is 2.10. The van der Waals surface area contributed by atoms with E-state index in [-0.39, 0.29) is 18.1 Å². The molecule has 128 valence electrons. The maximum Gasteiger partial charge on any atom is 0.305 e. The zero-order valence-electron chi connectivity index (χ0n) is 13.6. The number of hydrogen-bond acceptors (Lipinski definition) is 4. The predicted octanol–water partition coefficient (Wildman–Crippen LogP) is 3.20. The number of carbonyl (C=O) groups excluding carboxylic acids is 1. The van der Waals surface area contributed by atoms with Crippen LogP contribution in [0.5, 0.6) is 5.75 Å². The van der Waals surface area contributed by atoms with E-state index in [0.717, 1.165) is 11.1 Å². The van der Waals surface area contributed by atoms with E-state index >= 15 is 0 Å². The monoisotopic (exact) mass is 330 g/mol. The third-order valence-electron chi connectivity index (χ3n) is 3.25. The number of ether oxygens (including phenoxy) is 1. The highest BCUT2D eigenvalue weighted by atomic mass is 16.5. The fourth-order valence-corrected chi connectivity index (χ4v) is 1.91. The minimum Gasteiger partial charge on any atom is -0.508 e. The van der Waals surface area contributed by atoms with Crippen molar-refractivity contribution in [2.24, 2.45) is 0 Å². The van der Waals surface area contributed by atoms with Crippen LogP contribution in [0.15, 0.2) is 54.6 Å². The minimum absolute atomic E-state index is 0.212. The second kappa shape index (κ2) is 10.8. The van der Waals surface area contributed by atoms with Gasteiger partial charge in [-0.1, -0.05) is 42.5 Å². The molecule has 2 N–H and O–H groups in total. The maximum atomic E-state index is 10.8. The first kappa shape index (κ1) is 19.2. The Morgan fingerprint density at radius 3 is 1.96 bits per heavy atom.